The lowest BCUT2D eigenvalue weighted by Gasteiger charge is -2.44. The zero-order chi connectivity index (χ0) is 32.5. The predicted molar refractivity (Wildman–Crippen MR) is 184 cm³/mol. The standard InChI is InChI=1S/C36H51N7O4/c1-24-36(45)40(2)31-11-13-33(39-34(31)43(24)29-14-20-47-21-15-29)37-27-8-12-32(46-3)30(22-27)35(44)38-26-6-9-28(10-7-26)42-18-16-41(17-19-42)23-25-4-5-25/h8,11-13,22,24-26,28-29H,4-7,9-10,14-21,23H2,1-3H3,(H,37,39)(H,38,44)/t24-,26?,28?/m1/s1. The molecule has 11 nitrogen and oxygen atoms in total. The number of carbonyl (C=O) groups excluding carboxylic acids is 2. The molecule has 11 heteroatoms. The van der Waals surface area contributed by atoms with Gasteiger partial charge in [0.05, 0.1) is 18.4 Å². The average Bonchev–Trinajstić information content (AvgIpc) is 3.92. The lowest BCUT2D eigenvalue weighted by Crippen LogP contribution is -2.56. The van der Waals surface area contributed by atoms with Crippen LogP contribution < -0.4 is 25.2 Å². The third-order valence-electron chi connectivity index (χ3n) is 11.0. The number of amides is 2. The number of hydrogen-bond acceptors (Lipinski definition) is 9. The second kappa shape index (κ2) is 14.0. The Hall–Kier alpha value is -3.41. The van der Waals surface area contributed by atoms with E-state index >= 15 is 0 Å². The second-order valence-corrected chi connectivity index (χ2v) is 14.2. The van der Waals surface area contributed by atoms with Gasteiger partial charge in [-0.3, -0.25) is 14.5 Å². The van der Waals surface area contributed by atoms with Gasteiger partial charge in [0.15, 0.2) is 5.82 Å². The summed E-state index contributed by atoms with van der Waals surface area (Å²) >= 11 is 0. The molecule has 254 valence electrons. The largest absolute Gasteiger partial charge is 0.496 e. The highest BCUT2D eigenvalue weighted by Crippen LogP contribution is 2.39. The van der Waals surface area contributed by atoms with Gasteiger partial charge in [-0.2, -0.15) is 0 Å². The predicted octanol–water partition coefficient (Wildman–Crippen LogP) is 4.25. The molecule has 0 bridgehead atoms. The zero-order valence-corrected chi connectivity index (χ0v) is 28.2. The number of hydrogen-bond donors (Lipinski definition) is 2. The number of pyridine rings is 1. The first-order valence-electron chi connectivity index (χ1n) is 17.7. The van der Waals surface area contributed by atoms with Crippen LogP contribution in [0.15, 0.2) is 30.3 Å². The minimum Gasteiger partial charge on any atom is -0.496 e. The summed E-state index contributed by atoms with van der Waals surface area (Å²) in [7, 11) is 3.41. The molecule has 1 atom stereocenters. The van der Waals surface area contributed by atoms with Gasteiger partial charge in [-0.05, 0) is 94.5 Å². The van der Waals surface area contributed by atoms with E-state index in [2.05, 4.69) is 25.3 Å². The number of anilines is 4. The molecular formula is C36H51N7O4. The Kier molecular flexibility index (Phi) is 9.56. The van der Waals surface area contributed by atoms with Crippen molar-refractivity contribution in [3.63, 3.8) is 0 Å². The van der Waals surface area contributed by atoms with Crippen molar-refractivity contribution < 1.29 is 19.1 Å². The van der Waals surface area contributed by atoms with Crippen LogP contribution in [0.2, 0.25) is 0 Å². The van der Waals surface area contributed by atoms with E-state index in [1.807, 2.05) is 44.3 Å². The molecule has 2 saturated heterocycles. The van der Waals surface area contributed by atoms with Crippen LogP contribution in [-0.4, -0.2) is 111 Å². The maximum Gasteiger partial charge on any atom is 0.255 e. The van der Waals surface area contributed by atoms with Crippen LogP contribution >= 0.6 is 0 Å². The third-order valence-corrected chi connectivity index (χ3v) is 11.0. The molecule has 1 aromatic heterocycles. The van der Waals surface area contributed by atoms with Crippen LogP contribution in [0.4, 0.5) is 23.0 Å². The quantitative estimate of drug-likeness (QED) is 0.415. The van der Waals surface area contributed by atoms with Gasteiger partial charge in [-0.25, -0.2) is 4.98 Å². The molecule has 0 unspecified atom stereocenters. The van der Waals surface area contributed by atoms with E-state index in [1.54, 1.807) is 12.0 Å². The molecule has 2 aliphatic carbocycles. The van der Waals surface area contributed by atoms with Gasteiger partial charge in [-0.1, -0.05) is 0 Å². The molecule has 47 heavy (non-hydrogen) atoms. The van der Waals surface area contributed by atoms with E-state index in [0.717, 1.165) is 61.6 Å². The summed E-state index contributed by atoms with van der Waals surface area (Å²) in [6.07, 6.45) is 8.80. The van der Waals surface area contributed by atoms with Crippen molar-refractivity contribution in [1.82, 2.24) is 20.1 Å². The van der Waals surface area contributed by atoms with Crippen molar-refractivity contribution in [3.05, 3.63) is 35.9 Å². The Morgan fingerprint density at radius 3 is 2.40 bits per heavy atom. The fourth-order valence-electron chi connectivity index (χ4n) is 8.05. The molecule has 2 saturated carbocycles. The number of carbonyl (C=O) groups is 2. The normalized spacial score (nSPS) is 26.2. The number of likely N-dealkylation sites (N-methyl/N-ethyl adjacent to an activating group) is 1. The van der Waals surface area contributed by atoms with Gasteiger partial charge in [0.2, 0.25) is 5.91 Å². The summed E-state index contributed by atoms with van der Waals surface area (Å²) in [5.74, 6) is 2.90. The van der Waals surface area contributed by atoms with Crippen molar-refractivity contribution in [3.8, 4) is 5.75 Å². The molecule has 3 aliphatic heterocycles. The Bertz CT molecular complexity index is 1430. The topological polar surface area (TPSA) is 103 Å². The van der Waals surface area contributed by atoms with Crippen molar-refractivity contribution in [2.75, 3.05) is 75.2 Å². The number of benzene rings is 1. The van der Waals surface area contributed by atoms with Gasteiger partial charge in [0, 0.05) is 76.8 Å². The first-order valence-corrected chi connectivity index (χ1v) is 17.7. The minimum atomic E-state index is -0.313. The maximum absolute atomic E-state index is 13.6. The molecule has 4 heterocycles. The average molecular weight is 646 g/mol. The number of nitrogens with zero attached hydrogens (tertiary/aromatic N) is 5. The van der Waals surface area contributed by atoms with Gasteiger partial charge < -0.3 is 34.8 Å². The molecule has 2 N–H and O–H groups in total. The van der Waals surface area contributed by atoms with Crippen molar-refractivity contribution in [1.29, 1.82) is 0 Å². The van der Waals surface area contributed by atoms with Gasteiger partial charge in [0.1, 0.15) is 17.6 Å². The molecule has 4 fully saturated rings. The molecule has 2 aromatic rings. The monoisotopic (exact) mass is 645 g/mol. The first kappa shape index (κ1) is 32.2. The molecule has 5 aliphatic rings. The molecule has 1 aromatic carbocycles. The van der Waals surface area contributed by atoms with E-state index in [9.17, 15) is 9.59 Å². The van der Waals surface area contributed by atoms with Crippen LogP contribution in [0.25, 0.3) is 0 Å². The molecule has 2 amide bonds. The summed E-state index contributed by atoms with van der Waals surface area (Å²) < 4.78 is 11.2. The fraction of sp³-hybridized carbons (Fsp3) is 0.639. The van der Waals surface area contributed by atoms with Gasteiger partial charge >= 0.3 is 0 Å². The third kappa shape index (κ3) is 7.07. The summed E-state index contributed by atoms with van der Waals surface area (Å²) in [5, 5.41) is 6.73. The summed E-state index contributed by atoms with van der Waals surface area (Å²) in [6, 6.07) is 10.1. The highest BCUT2D eigenvalue weighted by atomic mass is 16.5. The number of nitrogens with one attached hydrogen (secondary N) is 2. The second-order valence-electron chi connectivity index (χ2n) is 14.2. The van der Waals surface area contributed by atoms with Crippen molar-refractivity contribution in [2.45, 2.75) is 82.5 Å². The zero-order valence-electron chi connectivity index (χ0n) is 28.2. The van der Waals surface area contributed by atoms with Crippen LogP contribution in [0.1, 0.15) is 68.6 Å². The highest BCUT2D eigenvalue weighted by Gasteiger charge is 2.39. The fourth-order valence-corrected chi connectivity index (χ4v) is 8.05. The Morgan fingerprint density at radius 2 is 1.70 bits per heavy atom. The van der Waals surface area contributed by atoms with Gasteiger partial charge in [-0.15, -0.1) is 0 Å². The SMILES string of the molecule is COc1ccc(Nc2ccc3c(n2)N(C2CCOCC2)[C@H](C)C(=O)N3C)cc1C(=O)NC1CCC(N2CCN(CC3CC3)CC2)CC1. The number of fused-ring (bicyclic) bond motifs is 1. The number of rotatable bonds is 9. The lowest BCUT2D eigenvalue weighted by molar-refractivity contribution is -0.119. The lowest BCUT2D eigenvalue weighted by atomic mass is 9.89. The van der Waals surface area contributed by atoms with E-state index < -0.39 is 0 Å². The maximum atomic E-state index is 13.6. The summed E-state index contributed by atoms with van der Waals surface area (Å²) in [6.45, 7) is 9.35. The van der Waals surface area contributed by atoms with Crippen LogP contribution in [0, 0.1) is 5.92 Å². The van der Waals surface area contributed by atoms with E-state index in [0.29, 0.717) is 36.4 Å². The highest BCUT2D eigenvalue weighted by molar-refractivity contribution is 6.04. The molecule has 0 spiro atoms. The number of ether oxygens (including phenoxy) is 2. The molecular weight excluding hydrogens is 594 g/mol. The van der Waals surface area contributed by atoms with Crippen molar-refractivity contribution >= 4 is 34.8 Å². The van der Waals surface area contributed by atoms with Crippen LogP contribution in [-0.2, 0) is 9.53 Å². The number of aromatic nitrogens is 1. The number of methoxy groups -OCH3 is 1. The van der Waals surface area contributed by atoms with E-state index in [1.165, 1.54) is 45.6 Å². The van der Waals surface area contributed by atoms with Gasteiger partial charge in [0.25, 0.3) is 5.91 Å². The van der Waals surface area contributed by atoms with Crippen LogP contribution in [0.5, 0.6) is 5.75 Å². The molecule has 7 rings (SSSR count). The number of piperazine rings is 1. The summed E-state index contributed by atoms with van der Waals surface area (Å²) in [5.41, 5.74) is 2.05. The minimum absolute atomic E-state index is 0.0628. The van der Waals surface area contributed by atoms with Crippen molar-refractivity contribution in [2.24, 2.45) is 5.92 Å². The Morgan fingerprint density at radius 1 is 0.957 bits per heavy atom. The van der Waals surface area contributed by atoms with E-state index in [-0.39, 0.29) is 29.9 Å². The van der Waals surface area contributed by atoms with Crippen LogP contribution in [0.3, 0.4) is 0 Å². The smallest absolute Gasteiger partial charge is 0.255 e. The van der Waals surface area contributed by atoms with E-state index in [4.69, 9.17) is 14.5 Å². The Labute approximate surface area is 278 Å². The molecule has 0 radical (unpaired) electrons. The Balaban J connectivity index is 0.993. The first-order chi connectivity index (χ1) is 22.9. The summed E-state index contributed by atoms with van der Waals surface area (Å²) in [4.78, 5) is 41.0.